The number of carbonyl (C=O) groups is 1. The number of Topliss-reactive ketones (excluding diaryl/α,β-unsaturated/α-hetero) is 1. The summed E-state index contributed by atoms with van der Waals surface area (Å²) in [6, 6.07) is 0. The molecule has 0 spiro atoms. The van der Waals surface area contributed by atoms with Crippen LogP contribution >= 0.6 is 0 Å². The van der Waals surface area contributed by atoms with Gasteiger partial charge in [0.2, 0.25) is 0 Å². The monoisotopic (exact) mass is 148 g/mol. The Labute approximate surface area is 66.8 Å². The Bertz CT molecular complexity index is 248. The van der Waals surface area contributed by atoms with Crippen molar-refractivity contribution >= 4 is 5.78 Å². The highest BCUT2D eigenvalue weighted by Crippen LogP contribution is 2.36. The van der Waals surface area contributed by atoms with E-state index in [4.69, 9.17) is 0 Å². The molecule has 0 amide bonds. The maximum Gasteiger partial charge on any atom is 0.161 e. The number of hydrogen-bond donors (Lipinski definition) is 0. The minimum Gasteiger partial charge on any atom is -0.294 e. The van der Waals surface area contributed by atoms with Gasteiger partial charge in [-0.3, -0.25) is 4.79 Å². The first-order valence-corrected chi connectivity index (χ1v) is 4.20. The second-order valence-electron chi connectivity index (χ2n) is 3.48. The molecule has 0 aromatic rings. The number of allylic oxidation sites excluding steroid dienone is 4. The van der Waals surface area contributed by atoms with Crippen molar-refractivity contribution in [2.45, 2.75) is 19.8 Å². The lowest BCUT2D eigenvalue weighted by Crippen LogP contribution is -2.04. The summed E-state index contributed by atoms with van der Waals surface area (Å²) in [6.07, 6.45) is 8.28. The fraction of sp³-hybridized carbons (Fsp3) is 0.500. The van der Waals surface area contributed by atoms with Crippen LogP contribution in [0.4, 0.5) is 0 Å². The molecular formula is C10H12O. The first-order chi connectivity index (χ1) is 5.29. The fourth-order valence-electron chi connectivity index (χ4n) is 2.00. The fourth-order valence-corrected chi connectivity index (χ4v) is 2.00. The zero-order valence-corrected chi connectivity index (χ0v) is 6.71. The Balaban J connectivity index is 2.33. The van der Waals surface area contributed by atoms with Crippen LogP contribution in [-0.2, 0) is 4.79 Å². The minimum atomic E-state index is 0.270. The third kappa shape index (κ3) is 0.953. The highest BCUT2D eigenvalue weighted by Gasteiger charge is 2.33. The minimum absolute atomic E-state index is 0.270. The Morgan fingerprint density at radius 3 is 3.09 bits per heavy atom. The molecule has 0 heterocycles. The molecule has 0 radical (unpaired) electrons. The molecular weight excluding hydrogens is 136 g/mol. The van der Waals surface area contributed by atoms with Gasteiger partial charge in [-0.1, -0.05) is 25.2 Å². The quantitative estimate of drug-likeness (QED) is 0.514. The molecule has 2 aliphatic carbocycles. The molecule has 1 fully saturated rings. The van der Waals surface area contributed by atoms with Gasteiger partial charge in [0, 0.05) is 5.92 Å². The second-order valence-corrected chi connectivity index (χ2v) is 3.48. The second kappa shape index (κ2) is 2.33. The van der Waals surface area contributed by atoms with E-state index < -0.39 is 0 Å². The molecule has 58 valence electrons. The summed E-state index contributed by atoms with van der Waals surface area (Å²) in [5, 5.41) is 0. The summed E-state index contributed by atoms with van der Waals surface area (Å²) in [5.74, 6) is 1.19. The van der Waals surface area contributed by atoms with Gasteiger partial charge in [0.15, 0.2) is 5.78 Å². The van der Waals surface area contributed by atoms with E-state index >= 15 is 0 Å². The van der Waals surface area contributed by atoms with Crippen molar-refractivity contribution in [2.24, 2.45) is 11.8 Å². The lowest BCUT2D eigenvalue weighted by Gasteiger charge is -2.09. The van der Waals surface area contributed by atoms with Gasteiger partial charge in [0.25, 0.3) is 0 Å². The largest absolute Gasteiger partial charge is 0.294 e. The molecule has 0 N–H and O–H groups in total. The average molecular weight is 148 g/mol. The molecule has 1 nitrogen and oxygen atoms in total. The Morgan fingerprint density at radius 1 is 1.55 bits per heavy atom. The maximum absolute atomic E-state index is 11.4. The molecule has 2 rings (SSSR count). The van der Waals surface area contributed by atoms with E-state index in [0.717, 1.165) is 18.4 Å². The van der Waals surface area contributed by atoms with E-state index in [1.807, 2.05) is 19.1 Å². The standard InChI is InChI=1S/C10H12O/c1-7-6-8-4-2-3-5-9(8)10(7)11/h2-3,5,7-8H,4,6H2,1H3. The molecule has 11 heavy (non-hydrogen) atoms. The van der Waals surface area contributed by atoms with Crippen LogP contribution in [0, 0.1) is 11.8 Å². The van der Waals surface area contributed by atoms with Crippen molar-refractivity contribution < 1.29 is 4.79 Å². The van der Waals surface area contributed by atoms with Gasteiger partial charge < -0.3 is 0 Å². The van der Waals surface area contributed by atoms with E-state index in [1.54, 1.807) is 0 Å². The van der Waals surface area contributed by atoms with Crippen LogP contribution < -0.4 is 0 Å². The zero-order valence-electron chi connectivity index (χ0n) is 6.71. The highest BCUT2D eigenvalue weighted by molar-refractivity contribution is 6.00. The summed E-state index contributed by atoms with van der Waals surface area (Å²) in [4.78, 5) is 11.4. The lowest BCUT2D eigenvalue weighted by molar-refractivity contribution is -0.117. The van der Waals surface area contributed by atoms with Gasteiger partial charge in [-0.2, -0.15) is 0 Å². The van der Waals surface area contributed by atoms with Gasteiger partial charge in [0.05, 0.1) is 0 Å². The summed E-state index contributed by atoms with van der Waals surface area (Å²) in [5.41, 5.74) is 1.07. The SMILES string of the molecule is CC1CC2CC=CC=C2C1=O. The number of fused-ring (bicyclic) bond motifs is 1. The summed E-state index contributed by atoms with van der Waals surface area (Å²) in [6.45, 7) is 2.03. The van der Waals surface area contributed by atoms with Crippen molar-refractivity contribution in [2.75, 3.05) is 0 Å². The number of rotatable bonds is 0. The Morgan fingerprint density at radius 2 is 2.36 bits per heavy atom. The Hall–Kier alpha value is -0.850. The molecule has 2 aliphatic rings. The van der Waals surface area contributed by atoms with Crippen molar-refractivity contribution in [3.8, 4) is 0 Å². The first-order valence-electron chi connectivity index (χ1n) is 4.20. The van der Waals surface area contributed by atoms with Crippen LogP contribution in [0.25, 0.3) is 0 Å². The molecule has 1 saturated carbocycles. The molecule has 0 aliphatic heterocycles. The summed E-state index contributed by atoms with van der Waals surface area (Å²) in [7, 11) is 0. The van der Waals surface area contributed by atoms with Crippen molar-refractivity contribution in [3.63, 3.8) is 0 Å². The number of ketones is 1. The Kier molecular flexibility index (Phi) is 1.45. The van der Waals surface area contributed by atoms with Crippen molar-refractivity contribution in [1.29, 1.82) is 0 Å². The molecule has 0 saturated heterocycles. The molecule has 0 aromatic heterocycles. The predicted molar refractivity (Wildman–Crippen MR) is 44.1 cm³/mol. The topological polar surface area (TPSA) is 17.1 Å². The number of hydrogen-bond acceptors (Lipinski definition) is 1. The normalized spacial score (nSPS) is 35.4. The lowest BCUT2D eigenvalue weighted by atomic mass is 9.94. The van der Waals surface area contributed by atoms with Crippen molar-refractivity contribution in [1.82, 2.24) is 0 Å². The van der Waals surface area contributed by atoms with E-state index in [0.29, 0.717) is 11.7 Å². The van der Waals surface area contributed by atoms with E-state index in [1.165, 1.54) is 0 Å². The summed E-state index contributed by atoms with van der Waals surface area (Å²) >= 11 is 0. The smallest absolute Gasteiger partial charge is 0.161 e. The van der Waals surface area contributed by atoms with Gasteiger partial charge in [-0.15, -0.1) is 0 Å². The molecule has 1 heteroatoms. The van der Waals surface area contributed by atoms with Crippen molar-refractivity contribution in [3.05, 3.63) is 23.8 Å². The van der Waals surface area contributed by atoms with E-state index in [9.17, 15) is 4.79 Å². The van der Waals surface area contributed by atoms with Gasteiger partial charge >= 0.3 is 0 Å². The number of carbonyl (C=O) groups excluding carboxylic acids is 1. The third-order valence-corrected chi connectivity index (χ3v) is 2.64. The van der Waals surface area contributed by atoms with Gasteiger partial charge in [-0.25, -0.2) is 0 Å². The first kappa shape index (κ1) is 6.84. The molecule has 0 aromatic carbocycles. The molecule has 2 unspecified atom stereocenters. The van der Waals surface area contributed by atoms with Crippen LogP contribution in [-0.4, -0.2) is 5.78 Å². The maximum atomic E-state index is 11.4. The highest BCUT2D eigenvalue weighted by atomic mass is 16.1. The third-order valence-electron chi connectivity index (χ3n) is 2.64. The van der Waals surface area contributed by atoms with Crippen LogP contribution in [0.2, 0.25) is 0 Å². The van der Waals surface area contributed by atoms with Crippen LogP contribution in [0.1, 0.15) is 19.8 Å². The molecule has 0 bridgehead atoms. The van der Waals surface area contributed by atoms with Gasteiger partial charge in [0.1, 0.15) is 0 Å². The van der Waals surface area contributed by atoms with E-state index in [2.05, 4.69) is 6.08 Å². The zero-order chi connectivity index (χ0) is 7.84. The van der Waals surface area contributed by atoms with Crippen LogP contribution in [0.15, 0.2) is 23.8 Å². The van der Waals surface area contributed by atoms with Crippen LogP contribution in [0.3, 0.4) is 0 Å². The predicted octanol–water partition coefficient (Wildman–Crippen LogP) is 2.10. The van der Waals surface area contributed by atoms with Crippen LogP contribution in [0.5, 0.6) is 0 Å². The van der Waals surface area contributed by atoms with Gasteiger partial charge in [-0.05, 0) is 24.3 Å². The van der Waals surface area contributed by atoms with E-state index in [-0.39, 0.29) is 5.92 Å². The molecule has 2 atom stereocenters. The average Bonchev–Trinajstić information content (AvgIpc) is 2.30. The summed E-state index contributed by atoms with van der Waals surface area (Å²) < 4.78 is 0.